The lowest BCUT2D eigenvalue weighted by Gasteiger charge is -2.14. The first kappa shape index (κ1) is 20.9. The number of nitrogens with zero attached hydrogens (tertiary/aromatic N) is 1. The second kappa shape index (κ2) is 9.20. The summed E-state index contributed by atoms with van der Waals surface area (Å²) < 4.78 is 29.0. The van der Waals surface area contributed by atoms with Crippen molar-refractivity contribution < 1.29 is 8.42 Å². The van der Waals surface area contributed by atoms with Crippen LogP contribution in [0, 0.1) is 0 Å². The summed E-state index contributed by atoms with van der Waals surface area (Å²) in [6.45, 7) is 0.529. The summed E-state index contributed by atoms with van der Waals surface area (Å²) in [5.74, 6) is 0. The van der Waals surface area contributed by atoms with Crippen molar-refractivity contribution >= 4 is 49.8 Å². The molecule has 0 bridgehead atoms. The number of anilines is 2. The number of hydrogen-bond donors (Lipinski definition) is 2. The Morgan fingerprint density at radius 1 is 0.903 bits per heavy atom. The number of rotatable bonds is 7. The third-order valence-corrected chi connectivity index (χ3v) is 6.37. The van der Waals surface area contributed by atoms with Crippen LogP contribution in [0.4, 0.5) is 11.4 Å². The molecule has 2 N–H and O–H groups in total. The van der Waals surface area contributed by atoms with Crippen LogP contribution < -0.4 is 10.0 Å². The quantitative estimate of drug-likeness (QED) is 0.373. The molecule has 0 aliphatic carbocycles. The van der Waals surface area contributed by atoms with Gasteiger partial charge in [0.1, 0.15) is 0 Å². The molecular weight excluding hydrogens is 430 g/mol. The minimum Gasteiger partial charge on any atom is -0.380 e. The lowest BCUT2D eigenvalue weighted by molar-refractivity contribution is 0.602. The predicted octanol–water partition coefficient (Wildman–Crippen LogP) is 5.81. The van der Waals surface area contributed by atoms with E-state index in [0.29, 0.717) is 28.3 Å². The van der Waals surface area contributed by atoms with E-state index in [1.807, 2.05) is 54.6 Å². The molecule has 0 amide bonds. The molecule has 7 heteroatoms. The third-order valence-electron chi connectivity index (χ3n) is 4.69. The van der Waals surface area contributed by atoms with Crippen molar-refractivity contribution in [1.29, 1.82) is 0 Å². The summed E-state index contributed by atoms with van der Waals surface area (Å²) in [5, 5.41) is 5.34. The molecule has 0 fully saturated rings. The van der Waals surface area contributed by atoms with Gasteiger partial charge in [-0.2, -0.15) is 0 Å². The lowest BCUT2D eigenvalue weighted by atomic mass is 10.2. The largest absolute Gasteiger partial charge is 0.380 e. The van der Waals surface area contributed by atoms with E-state index in [1.165, 1.54) is 0 Å². The topological polar surface area (TPSA) is 71.1 Å². The lowest BCUT2D eigenvalue weighted by Crippen LogP contribution is -2.15. The van der Waals surface area contributed by atoms with Gasteiger partial charge in [0.05, 0.1) is 16.3 Å². The van der Waals surface area contributed by atoms with Crippen molar-refractivity contribution in [3.05, 3.63) is 102 Å². The maximum atomic E-state index is 13.1. The fraction of sp³-hybridized carbons (Fsp3) is 0.0417. The molecule has 0 aliphatic heterocycles. The van der Waals surface area contributed by atoms with E-state index in [0.717, 1.165) is 10.9 Å². The highest BCUT2D eigenvalue weighted by atomic mass is 35.5. The fourth-order valence-corrected chi connectivity index (χ4v) is 4.63. The summed E-state index contributed by atoms with van der Waals surface area (Å²) in [6, 6.07) is 21.6. The normalized spacial score (nSPS) is 11.6. The first-order valence-corrected chi connectivity index (χ1v) is 11.5. The third kappa shape index (κ3) is 5.05. The molecule has 1 aromatic heterocycles. The van der Waals surface area contributed by atoms with Crippen LogP contribution in [0.3, 0.4) is 0 Å². The molecule has 0 saturated heterocycles. The minimum absolute atomic E-state index is 0.213. The van der Waals surface area contributed by atoms with Crippen LogP contribution in [0.15, 0.2) is 96.2 Å². The molecule has 4 rings (SSSR count). The van der Waals surface area contributed by atoms with Crippen LogP contribution in [0.5, 0.6) is 0 Å². The Morgan fingerprint density at radius 3 is 2.48 bits per heavy atom. The average molecular weight is 450 g/mol. The van der Waals surface area contributed by atoms with Crippen LogP contribution in [-0.4, -0.2) is 19.9 Å². The molecule has 31 heavy (non-hydrogen) atoms. The zero-order valence-corrected chi connectivity index (χ0v) is 18.1. The highest BCUT2D eigenvalue weighted by Crippen LogP contribution is 2.27. The fourth-order valence-electron chi connectivity index (χ4n) is 3.19. The average Bonchev–Trinajstić information content (AvgIpc) is 2.78. The molecule has 0 unspecified atom stereocenters. The van der Waals surface area contributed by atoms with E-state index < -0.39 is 10.0 Å². The standard InChI is InChI=1S/C24H20ClN3O2S/c25-20-12-10-18(11-13-20)5-4-15-27-22-7-1-2-8-23(22)28-31(29,30)24-9-3-6-19-17-26-16-14-21(19)24/h1-14,16-17,27-28H,15H2. The zero-order valence-electron chi connectivity index (χ0n) is 16.5. The molecule has 3 aromatic carbocycles. The second-order valence-corrected chi connectivity index (χ2v) is 8.93. The number of para-hydroxylation sites is 2. The summed E-state index contributed by atoms with van der Waals surface area (Å²) in [7, 11) is -3.79. The number of aromatic nitrogens is 1. The van der Waals surface area contributed by atoms with E-state index in [-0.39, 0.29) is 4.90 Å². The van der Waals surface area contributed by atoms with E-state index >= 15 is 0 Å². The first-order chi connectivity index (χ1) is 15.0. The van der Waals surface area contributed by atoms with Gasteiger partial charge in [0.25, 0.3) is 10.0 Å². The Kier molecular flexibility index (Phi) is 6.21. The summed E-state index contributed by atoms with van der Waals surface area (Å²) in [6.07, 6.45) is 7.17. The van der Waals surface area contributed by atoms with Crippen LogP contribution in [-0.2, 0) is 10.0 Å². The molecule has 0 saturated carbocycles. The second-order valence-electron chi connectivity index (χ2n) is 6.84. The molecular formula is C24H20ClN3O2S. The van der Waals surface area contributed by atoms with Crippen molar-refractivity contribution in [3.8, 4) is 0 Å². The Balaban J connectivity index is 1.52. The summed E-state index contributed by atoms with van der Waals surface area (Å²) >= 11 is 5.90. The van der Waals surface area contributed by atoms with Gasteiger partial charge in [-0.3, -0.25) is 9.71 Å². The van der Waals surface area contributed by atoms with Crippen molar-refractivity contribution in [2.75, 3.05) is 16.6 Å². The molecule has 156 valence electrons. The van der Waals surface area contributed by atoms with Crippen LogP contribution in [0.1, 0.15) is 5.56 Å². The summed E-state index contributed by atoms with van der Waals surface area (Å²) in [5.41, 5.74) is 2.20. The number of sulfonamides is 1. The van der Waals surface area contributed by atoms with Gasteiger partial charge in [-0.1, -0.05) is 60.2 Å². The molecule has 0 spiro atoms. The molecule has 4 aromatic rings. The van der Waals surface area contributed by atoms with E-state index in [4.69, 9.17) is 11.6 Å². The molecule has 0 radical (unpaired) electrons. The SMILES string of the molecule is O=S(=O)(Nc1ccccc1NCC=Cc1ccc(Cl)cc1)c1cccc2cnccc12. The van der Waals surface area contributed by atoms with Gasteiger partial charge in [-0.15, -0.1) is 0 Å². The van der Waals surface area contributed by atoms with Crippen LogP contribution in [0.25, 0.3) is 16.8 Å². The van der Waals surface area contributed by atoms with Crippen molar-refractivity contribution in [1.82, 2.24) is 4.98 Å². The van der Waals surface area contributed by atoms with Gasteiger partial charge in [-0.05, 0) is 42.0 Å². The Bertz CT molecular complexity index is 1330. The Labute approximate surface area is 186 Å². The van der Waals surface area contributed by atoms with Gasteiger partial charge >= 0.3 is 0 Å². The van der Waals surface area contributed by atoms with Gasteiger partial charge in [0.15, 0.2) is 0 Å². The van der Waals surface area contributed by atoms with E-state index in [2.05, 4.69) is 15.0 Å². The van der Waals surface area contributed by atoms with Crippen LogP contribution >= 0.6 is 11.6 Å². The van der Waals surface area contributed by atoms with E-state index in [9.17, 15) is 8.42 Å². The maximum absolute atomic E-state index is 13.1. The minimum atomic E-state index is -3.79. The van der Waals surface area contributed by atoms with Crippen molar-refractivity contribution in [3.63, 3.8) is 0 Å². The van der Waals surface area contributed by atoms with Gasteiger partial charge in [0.2, 0.25) is 0 Å². The maximum Gasteiger partial charge on any atom is 0.262 e. The number of nitrogens with one attached hydrogen (secondary N) is 2. The van der Waals surface area contributed by atoms with E-state index in [1.54, 1.807) is 42.7 Å². The smallest absolute Gasteiger partial charge is 0.262 e. The van der Waals surface area contributed by atoms with Crippen molar-refractivity contribution in [2.45, 2.75) is 4.90 Å². The van der Waals surface area contributed by atoms with Crippen molar-refractivity contribution in [2.24, 2.45) is 0 Å². The first-order valence-electron chi connectivity index (χ1n) is 9.63. The molecule has 0 aliphatic rings. The number of halogens is 1. The molecule has 0 atom stereocenters. The van der Waals surface area contributed by atoms with Crippen LogP contribution in [0.2, 0.25) is 5.02 Å². The van der Waals surface area contributed by atoms with Gasteiger partial charge in [-0.25, -0.2) is 8.42 Å². The number of fused-ring (bicyclic) bond motifs is 1. The predicted molar refractivity (Wildman–Crippen MR) is 128 cm³/mol. The van der Waals surface area contributed by atoms with Gasteiger partial charge < -0.3 is 5.32 Å². The van der Waals surface area contributed by atoms with Gasteiger partial charge in [0, 0.05) is 34.7 Å². The summed E-state index contributed by atoms with van der Waals surface area (Å²) in [4.78, 5) is 4.28. The monoisotopic (exact) mass is 449 g/mol. The Hall–Kier alpha value is -3.35. The number of benzene rings is 3. The molecule has 5 nitrogen and oxygen atoms in total. The number of pyridine rings is 1. The highest BCUT2D eigenvalue weighted by molar-refractivity contribution is 7.93. The molecule has 1 heterocycles. The number of hydrogen-bond acceptors (Lipinski definition) is 4. The Morgan fingerprint density at radius 2 is 1.68 bits per heavy atom. The highest BCUT2D eigenvalue weighted by Gasteiger charge is 2.18. The zero-order chi connectivity index (χ0) is 21.7.